The van der Waals surface area contributed by atoms with Crippen LogP contribution in [-0.2, 0) is 9.53 Å². The van der Waals surface area contributed by atoms with Crippen LogP contribution < -0.4 is 0 Å². The molecule has 1 aliphatic heterocycles. The minimum absolute atomic E-state index is 0.0492. The monoisotopic (exact) mass is 364 g/mol. The van der Waals surface area contributed by atoms with E-state index in [2.05, 4.69) is 16.4 Å². The van der Waals surface area contributed by atoms with Crippen LogP contribution in [0.3, 0.4) is 0 Å². The standard InChI is InChI=1S/C16H17F5N2O2/c1-22-13-6-5-10(11-3-2-4-12(17)14(11)18)9-23(15(13)24)7-8-25-16(19,20)21/h2-4,10,13H,1,5-9H2/t10-,13-/m1/s1. The molecule has 0 aromatic heterocycles. The molecule has 1 aliphatic rings. The van der Waals surface area contributed by atoms with E-state index >= 15 is 0 Å². The number of hydrogen-bond acceptors (Lipinski definition) is 3. The zero-order valence-electron chi connectivity index (χ0n) is 13.2. The van der Waals surface area contributed by atoms with Gasteiger partial charge in [-0.3, -0.25) is 14.5 Å². The summed E-state index contributed by atoms with van der Waals surface area (Å²) in [7, 11) is 0. The molecular weight excluding hydrogens is 347 g/mol. The van der Waals surface area contributed by atoms with Crippen LogP contribution >= 0.6 is 0 Å². The van der Waals surface area contributed by atoms with Gasteiger partial charge in [0.25, 0.3) is 0 Å². The lowest BCUT2D eigenvalue weighted by molar-refractivity contribution is -0.324. The SMILES string of the molecule is C=N[C@@H]1CC[C@@H](c2cccc(F)c2F)CN(CCOC(F)(F)F)C1=O. The van der Waals surface area contributed by atoms with Gasteiger partial charge in [-0.05, 0) is 31.2 Å². The number of aliphatic imine (C=N–C) groups is 1. The van der Waals surface area contributed by atoms with Gasteiger partial charge >= 0.3 is 6.36 Å². The molecular formula is C16H17F5N2O2. The van der Waals surface area contributed by atoms with E-state index in [1.54, 1.807) is 0 Å². The molecule has 1 amide bonds. The summed E-state index contributed by atoms with van der Waals surface area (Å²) in [5.41, 5.74) is 0.0826. The van der Waals surface area contributed by atoms with Crippen LogP contribution in [-0.4, -0.2) is 49.6 Å². The van der Waals surface area contributed by atoms with Crippen molar-refractivity contribution in [2.45, 2.75) is 31.2 Å². The fraction of sp³-hybridized carbons (Fsp3) is 0.500. The summed E-state index contributed by atoms with van der Waals surface area (Å²) >= 11 is 0. The molecule has 0 saturated carbocycles. The van der Waals surface area contributed by atoms with Crippen LogP contribution in [0.5, 0.6) is 0 Å². The highest BCUT2D eigenvalue weighted by Gasteiger charge is 2.34. The smallest absolute Gasteiger partial charge is 0.338 e. The van der Waals surface area contributed by atoms with Crippen LogP contribution in [0.2, 0.25) is 0 Å². The van der Waals surface area contributed by atoms with Gasteiger partial charge < -0.3 is 4.90 Å². The lowest BCUT2D eigenvalue weighted by atomic mass is 9.93. The van der Waals surface area contributed by atoms with E-state index in [1.807, 2.05) is 0 Å². The molecule has 1 saturated heterocycles. The molecule has 0 N–H and O–H groups in total. The first kappa shape index (κ1) is 19.3. The van der Waals surface area contributed by atoms with Gasteiger partial charge in [-0.25, -0.2) is 8.78 Å². The Hall–Kier alpha value is -2.03. The highest BCUT2D eigenvalue weighted by molar-refractivity contribution is 5.83. The number of likely N-dealkylation sites (tertiary alicyclic amines) is 1. The molecule has 138 valence electrons. The topological polar surface area (TPSA) is 41.9 Å². The van der Waals surface area contributed by atoms with Gasteiger partial charge in [0.2, 0.25) is 5.91 Å². The van der Waals surface area contributed by atoms with Gasteiger partial charge in [0.1, 0.15) is 6.04 Å². The van der Waals surface area contributed by atoms with Crippen molar-refractivity contribution in [3.8, 4) is 0 Å². The van der Waals surface area contributed by atoms with Gasteiger partial charge in [-0.15, -0.1) is 13.2 Å². The molecule has 1 fully saturated rings. The summed E-state index contributed by atoms with van der Waals surface area (Å²) < 4.78 is 67.6. The van der Waals surface area contributed by atoms with Crippen molar-refractivity contribution < 1.29 is 31.5 Å². The van der Waals surface area contributed by atoms with Gasteiger partial charge in [0.05, 0.1) is 6.61 Å². The fourth-order valence-electron chi connectivity index (χ4n) is 2.87. The number of carbonyl (C=O) groups excluding carboxylic acids is 1. The lowest BCUT2D eigenvalue weighted by Crippen LogP contribution is -2.40. The second kappa shape index (κ2) is 7.90. The van der Waals surface area contributed by atoms with E-state index in [4.69, 9.17) is 0 Å². The number of halogens is 5. The van der Waals surface area contributed by atoms with E-state index in [0.29, 0.717) is 6.42 Å². The molecule has 4 nitrogen and oxygen atoms in total. The Bertz CT molecular complexity index is 635. The molecule has 2 rings (SSSR count). The number of nitrogens with zero attached hydrogens (tertiary/aromatic N) is 2. The molecule has 0 aliphatic carbocycles. The van der Waals surface area contributed by atoms with Gasteiger partial charge in [-0.1, -0.05) is 12.1 Å². The maximum absolute atomic E-state index is 14.0. The van der Waals surface area contributed by atoms with Crippen LogP contribution in [0.1, 0.15) is 24.3 Å². The minimum atomic E-state index is -4.81. The van der Waals surface area contributed by atoms with Crippen molar-refractivity contribution in [3.05, 3.63) is 35.4 Å². The van der Waals surface area contributed by atoms with Crippen LogP contribution in [0, 0.1) is 11.6 Å². The number of ether oxygens (including phenoxy) is 1. The Kier molecular flexibility index (Phi) is 6.10. The molecule has 0 spiro atoms. The first-order valence-electron chi connectivity index (χ1n) is 7.62. The number of hydrogen-bond donors (Lipinski definition) is 0. The first-order valence-corrected chi connectivity index (χ1v) is 7.62. The Balaban J connectivity index is 2.19. The van der Waals surface area contributed by atoms with E-state index in [-0.39, 0.29) is 25.1 Å². The normalized spacial score (nSPS) is 22.0. The molecule has 0 bridgehead atoms. The Morgan fingerprint density at radius 2 is 2.00 bits per heavy atom. The van der Waals surface area contributed by atoms with E-state index in [0.717, 1.165) is 11.0 Å². The third-order valence-electron chi connectivity index (χ3n) is 4.09. The highest BCUT2D eigenvalue weighted by atomic mass is 19.4. The van der Waals surface area contributed by atoms with Gasteiger partial charge in [0.15, 0.2) is 11.6 Å². The predicted molar refractivity (Wildman–Crippen MR) is 80.3 cm³/mol. The van der Waals surface area contributed by atoms with Crippen molar-refractivity contribution in [1.29, 1.82) is 0 Å². The van der Waals surface area contributed by atoms with Crippen LogP contribution in [0.25, 0.3) is 0 Å². The van der Waals surface area contributed by atoms with Crippen molar-refractivity contribution in [1.82, 2.24) is 4.90 Å². The number of rotatable bonds is 5. The van der Waals surface area contributed by atoms with E-state index < -0.39 is 42.5 Å². The van der Waals surface area contributed by atoms with Crippen molar-refractivity contribution >= 4 is 12.6 Å². The zero-order valence-corrected chi connectivity index (χ0v) is 13.2. The molecule has 0 radical (unpaired) electrons. The Labute approximate surface area is 141 Å². The summed E-state index contributed by atoms with van der Waals surface area (Å²) in [6, 6.07) is 2.90. The summed E-state index contributed by atoms with van der Waals surface area (Å²) in [5.74, 6) is -3.09. The molecule has 1 aromatic carbocycles. The second-order valence-electron chi connectivity index (χ2n) is 5.69. The van der Waals surface area contributed by atoms with Crippen LogP contribution in [0.4, 0.5) is 22.0 Å². The number of benzene rings is 1. The molecule has 25 heavy (non-hydrogen) atoms. The van der Waals surface area contributed by atoms with E-state index in [9.17, 15) is 26.7 Å². The maximum atomic E-state index is 14.0. The molecule has 1 heterocycles. The molecule has 1 aromatic rings. The molecule has 0 unspecified atom stereocenters. The maximum Gasteiger partial charge on any atom is 0.522 e. The summed E-state index contributed by atoms with van der Waals surface area (Å²) in [5, 5.41) is 0. The fourth-order valence-corrected chi connectivity index (χ4v) is 2.87. The van der Waals surface area contributed by atoms with Crippen LogP contribution in [0.15, 0.2) is 23.2 Å². The number of carbonyl (C=O) groups is 1. The third-order valence-corrected chi connectivity index (χ3v) is 4.09. The average Bonchev–Trinajstić information content (AvgIpc) is 2.69. The highest BCUT2D eigenvalue weighted by Crippen LogP contribution is 2.30. The third kappa shape index (κ3) is 4.97. The molecule has 2 atom stereocenters. The lowest BCUT2D eigenvalue weighted by Gasteiger charge is -2.26. The van der Waals surface area contributed by atoms with Crippen molar-refractivity contribution in [2.24, 2.45) is 4.99 Å². The van der Waals surface area contributed by atoms with E-state index in [1.165, 1.54) is 12.1 Å². The Morgan fingerprint density at radius 3 is 2.64 bits per heavy atom. The predicted octanol–water partition coefficient (Wildman–Crippen LogP) is 3.28. The van der Waals surface area contributed by atoms with Crippen molar-refractivity contribution in [2.75, 3.05) is 19.7 Å². The largest absolute Gasteiger partial charge is 0.522 e. The van der Waals surface area contributed by atoms with Gasteiger partial charge in [-0.2, -0.15) is 0 Å². The Morgan fingerprint density at radius 1 is 1.28 bits per heavy atom. The summed E-state index contributed by atoms with van der Waals surface area (Å²) in [6.07, 6.45) is -4.23. The minimum Gasteiger partial charge on any atom is -0.338 e. The number of alkyl halides is 3. The first-order chi connectivity index (χ1) is 11.7. The van der Waals surface area contributed by atoms with Crippen molar-refractivity contribution in [3.63, 3.8) is 0 Å². The van der Waals surface area contributed by atoms with Gasteiger partial charge in [0, 0.05) is 19.0 Å². The average molecular weight is 364 g/mol. The quantitative estimate of drug-likeness (QED) is 0.594. The second-order valence-corrected chi connectivity index (χ2v) is 5.69. The summed E-state index contributed by atoms with van der Waals surface area (Å²) in [6.45, 7) is 2.18. The zero-order chi connectivity index (χ0) is 18.6. The summed E-state index contributed by atoms with van der Waals surface area (Å²) in [4.78, 5) is 17.2. The molecule has 9 heteroatoms. The number of amides is 1.